The van der Waals surface area contributed by atoms with Gasteiger partial charge in [0.1, 0.15) is 18.8 Å². The first-order valence-corrected chi connectivity index (χ1v) is 14.6. The van der Waals surface area contributed by atoms with Crippen molar-refractivity contribution in [2.24, 2.45) is 0 Å². The molecule has 2 aliphatic heterocycles. The van der Waals surface area contributed by atoms with E-state index >= 15 is 0 Å². The van der Waals surface area contributed by atoms with Gasteiger partial charge in [0.2, 0.25) is 0 Å². The highest BCUT2D eigenvalue weighted by Crippen LogP contribution is 2.49. The minimum atomic E-state index is -2.71. The zero-order valence-electron chi connectivity index (χ0n) is 19.6. The number of halogens is 2. The summed E-state index contributed by atoms with van der Waals surface area (Å²) in [5, 5.41) is 0.831. The summed E-state index contributed by atoms with van der Waals surface area (Å²) >= 11 is 6.67. The summed E-state index contributed by atoms with van der Waals surface area (Å²) in [5.74, 6) is 0.373. The van der Waals surface area contributed by atoms with Gasteiger partial charge in [-0.1, -0.05) is 29.8 Å². The molecule has 2 atom stereocenters. The molecule has 0 spiro atoms. The highest BCUT2D eigenvalue weighted by atomic mass is 35.5. The van der Waals surface area contributed by atoms with Gasteiger partial charge in [0.25, 0.3) is 5.91 Å². The molecule has 5 nitrogen and oxygen atoms in total. The van der Waals surface area contributed by atoms with Gasteiger partial charge in [-0.15, -0.1) is 0 Å². The second kappa shape index (κ2) is 7.78. The smallest absolute Gasteiger partial charge is 0.254 e. The monoisotopic (exact) mass is 507 g/mol. The number of nitrogens with zero attached hydrogens (tertiary/aromatic N) is 3. The number of aromatic nitrogens is 2. The molecule has 1 aromatic heterocycles. The lowest BCUT2D eigenvalue weighted by Crippen LogP contribution is -2.34. The largest absolute Gasteiger partial charge is 0.329 e. The Hall–Kier alpha value is -2.95. The van der Waals surface area contributed by atoms with Crippen molar-refractivity contribution in [3.05, 3.63) is 82.4 Å². The molecule has 4 aromatic rings. The summed E-state index contributed by atoms with van der Waals surface area (Å²) in [4.78, 5) is 20.2. The number of rotatable bonds is 3. The van der Waals surface area contributed by atoms with Crippen LogP contribution in [0.4, 0.5) is 4.39 Å². The Labute approximate surface area is 207 Å². The van der Waals surface area contributed by atoms with Crippen molar-refractivity contribution in [3.8, 4) is 11.1 Å². The van der Waals surface area contributed by atoms with Crippen LogP contribution in [0.25, 0.3) is 22.2 Å². The molecule has 0 aliphatic carbocycles. The molecule has 2 bridgehead atoms. The molecule has 35 heavy (non-hydrogen) atoms. The van der Waals surface area contributed by atoms with Crippen molar-refractivity contribution in [1.82, 2.24) is 14.5 Å². The topological polar surface area (TPSA) is 55.2 Å². The zero-order valence-corrected chi connectivity index (χ0v) is 21.3. The van der Waals surface area contributed by atoms with E-state index in [4.69, 9.17) is 16.6 Å². The molecule has 178 valence electrons. The van der Waals surface area contributed by atoms with E-state index < -0.39 is 13.0 Å². The van der Waals surface area contributed by atoms with Crippen LogP contribution in [0.2, 0.25) is 5.02 Å². The SMILES string of the molecule is CCN1C(=O)c2cccc(Cl)c2[C@@H]2C[C@H]1c1nc3ccc(-c4ccc(P(C)(C)=O)c(F)c4)cc3n12. The third-order valence-electron chi connectivity index (χ3n) is 7.23. The Balaban J connectivity index is 1.55. The molecular weight excluding hydrogens is 484 g/mol. The highest BCUT2D eigenvalue weighted by Gasteiger charge is 2.45. The molecule has 8 heteroatoms. The summed E-state index contributed by atoms with van der Waals surface area (Å²) < 4.78 is 29.4. The van der Waals surface area contributed by atoms with Gasteiger partial charge in [-0.2, -0.15) is 0 Å². The van der Waals surface area contributed by atoms with Crippen LogP contribution in [0.3, 0.4) is 0 Å². The number of carbonyl (C=O) groups is 1. The number of imidazole rings is 1. The summed E-state index contributed by atoms with van der Waals surface area (Å²) in [7, 11) is -2.71. The Morgan fingerprint density at radius 3 is 2.54 bits per heavy atom. The number of amides is 1. The van der Waals surface area contributed by atoms with Crippen LogP contribution in [0.1, 0.15) is 47.2 Å². The van der Waals surface area contributed by atoms with Crippen LogP contribution in [0.15, 0.2) is 54.6 Å². The molecule has 0 saturated heterocycles. The van der Waals surface area contributed by atoms with Gasteiger partial charge in [-0.3, -0.25) is 4.79 Å². The van der Waals surface area contributed by atoms with Gasteiger partial charge in [-0.05, 0) is 67.8 Å². The van der Waals surface area contributed by atoms with E-state index in [1.807, 2.05) is 54.3 Å². The maximum Gasteiger partial charge on any atom is 0.254 e. The molecule has 0 saturated carbocycles. The lowest BCUT2D eigenvalue weighted by atomic mass is 9.98. The Morgan fingerprint density at radius 2 is 1.83 bits per heavy atom. The minimum Gasteiger partial charge on any atom is -0.329 e. The van der Waals surface area contributed by atoms with E-state index in [1.54, 1.807) is 19.4 Å². The quantitative estimate of drug-likeness (QED) is 0.308. The molecule has 1 amide bonds. The Bertz CT molecular complexity index is 1590. The zero-order chi connectivity index (χ0) is 24.6. The van der Waals surface area contributed by atoms with Crippen LogP contribution in [0, 0.1) is 5.82 Å². The molecule has 3 aromatic carbocycles. The average Bonchev–Trinajstić information content (AvgIpc) is 3.32. The van der Waals surface area contributed by atoms with Crippen LogP contribution < -0.4 is 5.30 Å². The third kappa shape index (κ3) is 3.30. The Morgan fingerprint density at radius 1 is 1.09 bits per heavy atom. The fourth-order valence-corrected chi connectivity index (χ4v) is 6.95. The summed E-state index contributed by atoms with van der Waals surface area (Å²) in [6.45, 7) is 5.69. The maximum atomic E-state index is 14.8. The molecular formula is C27H24ClFN3O2P. The van der Waals surface area contributed by atoms with Crippen molar-refractivity contribution < 1.29 is 13.8 Å². The number of carbonyl (C=O) groups excluding carboxylic acids is 1. The van der Waals surface area contributed by atoms with Crippen molar-refractivity contribution in [2.75, 3.05) is 19.9 Å². The molecule has 0 unspecified atom stereocenters. The second-order valence-corrected chi connectivity index (χ2v) is 13.2. The molecule has 0 fully saturated rings. The van der Waals surface area contributed by atoms with Gasteiger partial charge in [0.15, 0.2) is 0 Å². The van der Waals surface area contributed by atoms with E-state index in [2.05, 4.69) is 4.57 Å². The number of fused-ring (bicyclic) bond motifs is 9. The lowest BCUT2D eigenvalue weighted by Gasteiger charge is -2.27. The first-order chi connectivity index (χ1) is 16.7. The van der Waals surface area contributed by atoms with E-state index in [9.17, 15) is 13.8 Å². The molecule has 6 rings (SSSR count). The van der Waals surface area contributed by atoms with Gasteiger partial charge in [0, 0.05) is 34.4 Å². The molecule has 2 aliphatic rings. The van der Waals surface area contributed by atoms with Gasteiger partial charge in [-0.25, -0.2) is 9.37 Å². The summed E-state index contributed by atoms with van der Waals surface area (Å²) in [5.41, 5.74) is 4.76. The normalized spacial score (nSPS) is 19.1. The molecule has 3 heterocycles. The number of hydrogen-bond acceptors (Lipinski definition) is 3. The number of benzene rings is 3. The fourth-order valence-electron chi connectivity index (χ4n) is 5.64. The summed E-state index contributed by atoms with van der Waals surface area (Å²) in [6.07, 6.45) is 0.713. The van der Waals surface area contributed by atoms with Crippen LogP contribution >= 0.6 is 18.7 Å². The van der Waals surface area contributed by atoms with Gasteiger partial charge in [0.05, 0.1) is 23.1 Å². The van der Waals surface area contributed by atoms with E-state index in [1.165, 1.54) is 6.07 Å². The Kier molecular flexibility index (Phi) is 5.00. The predicted molar refractivity (Wildman–Crippen MR) is 138 cm³/mol. The fraction of sp³-hybridized carbons (Fsp3) is 0.259. The van der Waals surface area contributed by atoms with Crippen molar-refractivity contribution in [1.29, 1.82) is 0 Å². The van der Waals surface area contributed by atoms with Crippen LogP contribution in [0.5, 0.6) is 0 Å². The van der Waals surface area contributed by atoms with E-state index in [0.717, 1.165) is 28.0 Å². The predicted octanol–water partition coefficient (Wildman–Crippen LogP) is 6.25. The maximum absolute atomic E-state index is 14.8. The standard InChI is InChI=1S/C27H24ClFN3O2P/c1-4-31-23-14-22(25-17(27(31)33)6-5-7-18(25)28)32-21-13-16(8-10-20(21)30-26(23)32)15-9-11-24(19(29)12-15)35(2,3)34/h5-13,22-23H,4,14H2,1-3H3/t22-,23-/m0/s1. The second-order valence-electron chi connectivity index (χ2n) is 9.62. The first kappa shape index (κ1) is 22.5. The van der Waals surface area contributed by atoms with Crippen molar-refractivity contribution >= 4 is 41.0 Å². The average molecular weight is 508 g/mol. The molecule has 0 radical (unpaired) electrons. The van der Waals surface area contributed by atoms with Gasteiger partial charge >= 0.3 is 0 Å². The molecule has 0 N–H and O–H groups in total. The van der Waals surface area contributed by atoms with E-state index in [-0.39, 0.29) is 23.3 Å². The lowest BCUT2D eigenvalue weighted by molar-refractivity contribution is 0.0692. The van der Waals surface area contributed by atoms with Gasteiger partial charge < -0.3 is 14.0 Å². The minimum absolute atomic E-state index is 0.0174. The van der Waals surface area contributed by atoms with Crippen molar-refractivity contribution in [2.45, 2.75) is 25.4 Å². The van der Waals surface area contributed by atoms with Crippen LogP contribution in [-0.2, 0) is 4.57 Å². The highest BCUT2D eigenvalue weighted by molar-refractivity contribution is 7.70. The van der Waals surface area contributed by atoms with Crippen LogP contribution in [-0.4, -0.2) is 40.2 Å². The van der Waals surface area contributed by atoms with Crippen molar-refractivity contribution in [3.63, 3.8) is 0 Å². The third-order valence-corrected chi connectivity index (χ3v) is 9.08. The van der Waals surface area contributed by atoms with E-state index in [0.29, 0.717) is 29.1 Å². The first-order valence-electron chi connectivity index (χ1n) is 11.7. The number of hydrogen-bond donors (Lipinski definition) is 0. The summed E-state index contributed by atoms with van der Waals surface area (Å²) in [6, 6.07) is 16.0.